The minimum absolute atomic E-state index is 0.290. The Morgan fingerprint density at radius 1 is 0.900 bits per heavy atom. The second-order valence-corrected chi connectivity index (χ2v) is 12.0. The Kier molecular flexibility index (Phi) is 5.22. The van der Waals surface area contributed by atoms with E-state index in [4.69, 9.17) is 0 Å². The van der Waals surface area contributed by atoms with Crippen LogP contribution in [0.15, 0.2) is 0 Å². The Morgan fingerprint density at radius 2 is 1.63 bits per heavy atom. The van der Waals surface area contributed by atoms with E-state index in [2.05, 4.69) is 30.7 Å². The van der Waals surface area contributed by atoms with Crippen LogP contribution >= 0.6 is 0 Å². The molecule has 5 fully saturated rings. The van der Waals surface area contributed by atoms with Crippen molar-refractivity contribution in [3.63, 3.8) is 0 Å². The standard InChI is InChI=1S/C26H42N2O2/c1-25-16-14-24(30)27(3)22(25)11-9-19-20-10-12-23(26(20,2)15-13-21(19)25)28(17-29)18-7-5-4-6-8-18/h17-23H,4-16H2,1-3H3/t19-,20-,21+,22?,23?,25+,26-/m0/s1. The average molecular weight is 415 g/mol. The van der Waals surface area contributed by atoms with Crippen LogP contribution in [0.4, 0.5) is 0 Å². The number of amides is 2. The Balaban J connectivity index is 1.39. The maximum atomic E-state index is 12.4. The average Bonchev–Trinajstić information content (AvgIpc) is 3.10. The van der Waals surface area contributed by atoms with Gasteiger partial charge in [0.25, 0.3) is 0 Å². The molecular weight excluding hydrogens is 372 g/mol. The number of piperidine rings is 1. The minimum Gasteiger partial charge on any atom is -0.342 e. The number of hydrogen-bond acceptors (Lipinski definition) is 2. The van der Waals surface area contributed by atoms with Gasteiger partial charge in [-0.15, -0.1) is 0 Å². The van der Waals surface area contributed by atoms with Crippen LogP contribution in [0.1, 0.15) is 97.3 Å². The van der Waals surface area contributed by atoms with Crippen LogP contribution in [0.5, 0.6) is 0 Å². The Hall–Kier alpha value is -1.06. The summed E-state index contributed by atoms with van der Waals surface area (Å²) in [6.45, 7) is 5.04. The summed E-state index contributed by atoms with van der Waals surface area (Å²) >= 11 is 0. The first-order valence-electron chi connectivity index (χ1n) is 12.9. The first-order chi connectivity index (χ1) is 14.4. The lowest BCUT2D eigenvalue weighted by molar-refractivity contribution is -0.159. The van der Waals surface area contributed by atoms with Crippen LogP contribution in [-0.4, -0.2) is 47.3 Å². The molecule has 7 atom stereocenters. The predicted octanol–water partition coefficient (Wildman–Crippen LogP) is 5.01. The fraction of sp³-hybridized carbons (Fsp3) is 0.923. The van der Waals surface area contributed by atoms with Gasteiger partial charge in [-0.1, -0.05) is 33.1 Å². The van der Waals surface area contributed by atoms with Gasteiger partial charge in [0.05, 0.1) is 0 Å². The quantitative estimate of drug-likeness (QED) is 0.609. The topological polar surface area (TPSA) is 40.6 Å². The normalized spacial score (nSPS) is 46.7. The molecule has 0 radical (unpaired) electrons. The molecule has 0 aromatic carbocycles. The van der Waals surface area contributed by atoms with E-state index in [-0.39, 0.29) is 0 Å². The van der Waals surface area contributed by atoms with E-state index >= 15 is 0 Å². The lowest BCUT2D eigenvalue weighted by Gasteiger charge is -2.62. The van der Waals surface area contributed by atoms with E-state index in [0.717, 1.165) is 30.6 Å². The summed E-state index contributed by atoms with van der Waals surface area (Å²) in [4.78, 5) is 29.1. The van der Waals surface area contributed by atoms with Crippen molar-refractivity contribution in [2.75, 3.05) is 7.05 Å². The summed E-state index contributed by atoms with van der Waals surface area (Å²) in [6, 6.07) is 1.38. The van der Waals surface area contributed by atoms with Crippen molar-refractivity contribution in [2.24, 2.45) is 28.6 Å². The molecule has 0 bridgehead atoms. The third-order valence-corrected chi connectivity index (χ3v) is 11.0. The van der Waals surface area contributed by atoms with Crippen molar-refractivity contribution in [3.05, 3.63) is 0 Å². The molecule has 1 aliphatic heterocycles. The van der Waals surface area contributed by atoms with Gasteiger partial charge in [0.2, 0.25) is 12.3 Å². The first kappa shape index (κ1) is 20.8. The van der Waals surface area contributed by atoms with Crippen LogP contribution in [-0.2, 0) is 9.59 Å². The molecule has 168 valence electrons. The van der Waals surface area contributed by atoms with Gasteiger partial charge in [-0.25, -0.2) is 0 Å². The van der Waals surface area contributed by atoms with Gasteiger partial charge in [0.1, 0.15) is 0 Å². The van der Waals surface area contributed by atoms with E-state index in [1.165, 1.54) is 77.0 Å². The molecule has 2 amide bonds. The molecule has 4 saturated carbocycles. The number of likely N-dealkylation sites (tertiary alicyclic amines) is 1. The monoisotopic (exact) mass is 414 g/mol. The molecule has 30 heavy (non-hydrogen) atoms. The van der Waals surface area contributed by atoms with Crippen molar-refractivity contribution in [1.82, 2.24) is 9.80 Å². The first-order valence-corrected chi connectivity index (χ1v) is 12.9. The molecule has 1 saturated heterocycles. The predicted molar refractivity (Wildman–Crippen MR) is 119 cm³/mol. The molecule has 4 aliphatic carbocycles. The maximum Gasteiger partial charge on any atom is 0.222 e. The molecule has 0 aromatic rings. The highest BCUT2D eigenvalue weighted by molar-refractivity contribution is 5.77. The van der Waals surface area contributed by atoms with E-state index in [9.17, 15) is 9.59 Å². The van der Waals surface area contributed by atoms with Gasteiger partial charge in [0.15, 0.2) is 0 Å². The highest BCUT2D eigenvalue weighted by Gasteiger charge is 2.62. The third-order valence-electron chi connectivity index (χ3n) is 11.0. The number of carbonyl (C=O) groups excluding carboxylic acids is 2. The molecule has 5 rings (SSSR count). The number of carbonyl (C=O) groups is 2. The van der Waals surface area contributed by atoms with Gasteiger partial charge in [-0.05, 0) is 86.4 Å². The van der Waals surface area contributed by atoms with Crippen LogP contribution in [0.25, 0.3) is 0 Å². The lowest BCUT2D eigenvalue weighted by Crippen LogP contribution is -2.62. The fourth-order valence-corrected chi connectivity index (χ4v) is 9.41. The van der Waals surface area contributed by atoms with Crippen LogP contribution in [0.2, 0.25) is 0 Å². The molecule has 2 unspecified atom stereocenters. The molecular formula is C26H42N2O2. The largest absolute Gasteiger partial charge is 0.342 e. The van der Waals surface area contributed by atoms with Crippen molar-refractivity contribution < 1.29 is 9.59 Å². The Morgan fingerprint density at radius 3 is 2.37 bits per heavy atom. The lowest BCUT2D eigenvalue weighted by atomic mass is 9.47. The Labute approximate surface area is 183 Å². The molecule has 0 aromatic heterocycles. The molecule has 4 nitrogen and oxygen atoms in total. The highest BCUT2D eigenvalue weighted by Crippen LogP contribution is 2.65. The summed E-state index contributed by atoms with van der Waals surface area (Å²) in [5.41, 5.74) is 0.581. The summed E-state index contributed by atoms with van der Waals surface area (Å²) in [6.07, 6.45) is 16.9. The van der Waals surface area contributed by atoms with Gasteiger partial charge in [-0.2, -0.15) is 0 Å². The summed E-state index contributed by atoms with van der Waals surface area (Å²) in [5.74, 6) is 2.65. The number of hydrogen-bond donors (Lipinski definition) is 0. The zero-order chi connectivity index (χ0) is 21.1. The third kappa shape index (κ3) is 2.91. The molecule has 5 aliphatic rings. The summed E-state index contributed by atoms with van der Waals surface area (Å²) in [7, 11) is 2.05. The van der Waals surface area contributed by atoms with E-state index in [0.29, 0.717) is 34.9 Å². The summed E-state index contributed by atoms with van der Waals surface area (Å²) < 4.78 is 0. The second kappa shape index (κ2) is 7.52. The molecule has 0 N–H and O–H groups in total. The van der Waals surface area contributed by atoms with Crippen molar-refractivity contribution >= 4 is 12.3 Å². The van der Waals surface area contributed by atoms with Gasteiger partial charge < -0.3 is 9.80 Å². The van der Waals surface area contributed by atoms with Crippen molar-refractivity contribution in [1.29, 1.82) is 0 Å². The van der Waals surface area contributed by atoms with Gasteiger partial charge in [-0.3, -0.25) is 9.59 Å². The fourth-order valence-electron chi connectivity index (χ4n) is 9.41. The van der Waals surface area contributed by atoms with E-state index < -0.39 is 0 Å². The zero-order valence-corrected chi connectivity index (χ0v) is 19.4. The summed E-state index contributed by atoms with van der Waals surface area (Å²) in [5, 5.41) is 0. The molecule has 4 heteroatoms. The van der Waals surface area contributed by atoms with Crippen LogP contribution in [0, 0.1) is 28.6 Å². The number of nitrogens with zero attached hydrogens (tertiary/aromatic N) is 2. The SMILES string of the molecule is CN1C(=O)CC[C@@]2(C)C1CC[C@@H]1[C@H]2CC[C@]2(C)C(N(C=O)C3CCCCC3)CC[C@@H]12. The highest BCUT2D eigenvalue weighted by atomic mass is 16.2. The van der Waals surface area contributed by atoms with Crippen LogP contribution in [0.3, 0.4) is 0 Å². The van der Waals surface area contributed by atoms with E-state index in [1.807, 2.05) is 0 Å². The van der Waals surface area contributed by atoms with Crippen molar-refractivity contribution in [2.45, 2.75) is 115 Å². The minimum atomic E-state index is 0.290. The van der Waals surface area contributed by atoms with Crippen LogP contribution < -0.4 is 0 Å². The zero-order valence-electron chi connectivity index (χ0n) is 19.4. The second-order valence-electron chi connectivity index (χ2n) is 12.0. The Bertz CT molecular complexity index is 689. The van der Waals surface area contributed by atoms with Gasteiger partial charge >= 0.3 is 0 Å². The molecule has 0 spiro atoms. The number of fused-ring (bicyclic) bond motifs is 5. The van der Waals surface area contributed by atoms with Gasteiger partial charge in [0, 0.05) is 31.6 Å². The maximum absolute atomic E-state index is 12.4. The molecule has 1 heterocycles. The van der Waals surface area contributed by atoms with E-state index in [1.54, 1.807) is 0 Å². The van der Waals surface area contributed by atoms with Crippen molar-refractivity contribution in [3.8, 4) is 0 Å². The number of rotatable bonds is 3. The smallest absolute Gasteiger partial charge is 0.222 e.